The average molecular weight is 301 g/mol. The summed E-state index contributed by atoms with van der Waals surface area (Å²) in [5.41, 5.74) is -7.77. The van der Waals surface area contributed by atoms with E-state index in [0.29, 0.717) is 0 Å². The molecule has 0 aromatic heterocycles. The average Bonchev–Trinajstić information content (AvgIpc) is 2.34. The molecule has 0 saturated carbocycles. The molecule has 13 nitrogen and oxygen atoms in total. The van der Waals surface area contributed by atoms with Gasteiger partial charge in [-0.25, -0.2) is 9.59 Å². The predicted molar refractivity (Wildman–Crippen MR) is 60.3 cm³/mol. The fourth-order valence-corrected chi connectivity index (χ4v) is 1.52. The molecular formula is C8H3N3O10. The largest absolute Gasteiger partial charge is 0.477 e. The van der Waals surface area contributed by atoms with Crippen molar-refractivity contribution in [1.29, 1.82) is 0 Å². The highest BCUT2D eigenvalue weighted by atomic mass is 16.6. The molecule has 1 rings (SSSR count). The van der Waals surface area contributed by atoms with Gasteiger partial charge in [-0.15, -0.1) is 0 Å². The van der Waals surface area contributed by atoms with Crippen LogP contribution in [0.25, 0.3) is 0 Å². The number of benzene rings is 1. The highest BCUT2D eigenvalue weighted by molar-refractivity contribution is 6.04. The van der Waals surface area contributed by atoms with Gasteiger partial charge in [-0.1, -0.05) is 0 Å². The molecule has 110 valence electrons. The Bertz CT molecular complexity index is 658. The van der Waals surface area contributed by atoms with Crippen LogP contribution in [-0.4, -0.2) is 36.9 Å². The lowest BCUT2D eigenvalue weighted by molar-refractivity contribution is -0.424. The summed E-state index contributed by atoms with van der Waals surface area (Å²) in [5, 5.41) is 49.9. The van der Waals surface area contributed by atoms with E-state index >= 15 is 0 Å². The van der Waals surface area contributed by atoms with Crippen LogP contribution in [0.3, 0.4) is 0 Å². The molecule has 0 amide bonds. The Balaban J connectivity index is 4.13. The Morgan fingerprint density at radius 1 is 0.857 bits per heavy atom. The van der Waals surface area contributed by atoms with Crippen molar-refractivity contribution in [3.63, 3.8) is 0 Å². The van der Waals surface area contributed by atoms with Crippen molar-refractivity contribution in [3.8, 4) is 0 Å². The summed E-state index contributed by atoms with van der Waals surface area (Å²) in [6.07, 6.45) is 0. The number of hydrogen-bond donors (Lipinski definition) is 2. The van der Waals surface area contributed by atoms with E-state index in [-0.39, 0.29) is 6.07 Å². The Labute approximate surface area is 112 Å². The molecule has 13 heteroatoms. The third-order valence-corrected chi connectivity index (χ3v) is 2.26. The number of nitro groups is 3. The monoisotopic (exact) mass is 301 g/mol. The van der Waals surface area contributed by atoms with E-state index in [0.717, 1.165) is 0 Å². The first-order valence-corrected chi connectivity index (χ1v) is 4.70. The van der Waals surface area contributed by atoms with E-state index in [1.807, 2.05) is 0 Å². The summed E-state index contributed by atoms with van der Waals surface area (Å²) in [7, 11) is 0. The zero-order chi connectivity index (χ0) is 16.5. The van der Waals surface area contributed by atoms with Gasteiger partial charge in [0.15, 0.2) is 5.56 Å². The number of hydrogen-bond acceptors (Lipinski definition) is 8. The van der Waals surface area contributed by atoms with E-state index in [1.165, 1.54) is 0 Å². The highest BCUT2D eigenvalue weighted by Crippen LogP contribution is 2.40. The van der Waals surface area contributed by atoms with Crippen LogP contribution in [0.4, 0.5) is 17.1 Å². The van der Waals surface area contributed by atoms with Crippen molar-refractivity contribution in [1.82, 2.24) is 0 Å². The van der Waals surface area contributed by atoms with Crippen LogP contribution >= 0.6 is 0 Å². The Hall–Kier alpha value is -3.64. The van der Waals surface area contributed by atoms with E-state index in [1.54, 1.807) is 0 Å². The van der Waals surface area contributed by atoms with Gasteiger partial charge in [0.25, 0.3) is 5.69 Å². The van der Waals surface area contributed by atoms with E-state index in [9.17, 15) is 39.9 Å². The first-order valence-electron chi connectivity index (χ1n) is 4.70. The molecule has 21 heavy (non-hydrogen) atoms. The molecular weight excluding hydrogens is 298 g/mol. The summed E-state index contributed by atoms with van der Waals surface area (Å²) in [6, 6.07) is 0.0942. The number of carbonyl (C=O) groups is 2. The van der Waals surface area contributed by atoms with Crippen LogP contribution < -0.4 is 0 Å². The third kappa shape index (κ3) is 2.55. The molecule has 0 aliphatic rings. The van der Waals surface area contributed by atoms with E-state index < -0.39 is 54.9 Å². The molecule has 0 atom stereocenters. The molecule has 1 aromatic carbocycles. The van der Waals surface area contributed by atoms with Crippen LogP contribution in [0.2, 0.25) is 0 Å². The Morgan fingerprint density at radius 2 is 1.33 bits per heavy atom. The standard InChI is InChI=1S/C8H3N3O10/c12-7(13)2-1-3(9(16)17)4(8(14)15)6(11(20)21)5(2)10(18)19/h1H,(H,12,13)(H,14,15). The second kappa shape index (κ2) is 5.16. The summed E-state index contributed by atoms with van der Waals surface area (Å²) in [5.74, 6) is -4.22. The zero-order valence-electron chi connectivity index (χ0n) is 9.58. The third-order valence-electron chi connectivity index (χ3n) is 2.26. The van der Waals surface area contributed by atoms with Crippen LogP contribution in [0.5, 0.6) is 0 Å². The molecule has 0 aliphatic heterocycles. The summed E-state index contributed by atoms with van der Waals surface area (Å²) in [6.45, 7) is 0. The molecule has 2 N–H and O–H groups in total. The number of nitro benzene ring substituents is 3. The molecule has 0 bridgehead atoms. The SMILES string of the molecule is O=C(O)c1cc([N+](=O)[O-])c(C(=O)O)c([N+](=O)[O-])c1[N+](=O)[O-]. The Kier molecular flexibility index (Phi) is 3.79. The lowest BCUT2D eigenvalue weighted by Gasteiger charge is -2.03. The first kappa shape index (κ1) is 15.4. The minimum absolute atomic E-state index is 0.0942. The maximum absolute atomic E-state index is 10.9. The lowest BCUT2D eigenvalue weighted by Crippen LogP contribution is -2.13. The maximum Gasteiger partial charge on any atom is 0.368 e. The van der Waals surface area contributed by atoms with Gasteiger partial charge in [0.1, 0.15) is 0 Å². The van der Waals surface area contributed by atoms with Crippen LogP contribution in [-0.2, 0) is 0 Å². The van der Waals surface area contributed by atoms with Crippen LogP contribution in [0, 0.1) is 30.3 Å². The lowest BCUT2D eigenvalue weighted by atomic mass is 10.0. The van der Waals surface area contributed by atoms with Gasteiger partial charge >= 0.3 is 23.3 Å². The topological polar surface area (TPSA) is 204 Å². The maximum atomic E-state index is 10.9. The molecule has 0 spiro atoms. The molecule has 0 saturated heterocycles. The van der Waals surface area contributed by atoms with Crippen molar-refractivity contribution in [3.05, 3.63) is 47.5 Å². The number of nitrogens with zero attached hydrogens (tertiary/aromatic N) is 3. The smallest absolute Gasteiger partial charge is 0.368 e. The number of carboxylic acids is 2. The molecule has 0 fully saturated rings. The fraction of sp³-hybridized carbons (Fsp3) is 0. The van der Waals surface area contributed by atoms with Gasteiger partial charge < -0.3 is 10.2 Å². The van der Waals surface area contributed by atoms with Crippen LogP contribution in [0.15, 0.2) is 6.07 Å². The highest BCUT2D eigenvalue weighted by Gasteiger charge is 2.43. The van der Waals surface area contributed by atoms with Gasteiger partial charge in [-0.2, -0.15) is 0 Å². The second-order valence-electron chi connectivity index (χ2n) is 3.40. The van der Waals surface area contributed by atoms with E-state index in [2.05, 4.69) is 0 Å². The minimum atomic E-state index is -2.17. The molecule has 0 aliphatic carbocycles. The van der Waals surface area contributed by atoms with Gasteiger partial charge in [0, 0.05) is 6.07 Å². The molecule has 0 heterocycles. The van der Waals surface area contributed by atoms with Crippen molar-refractivity contribution < 1.29 is 34.6 Å². The van der Waals surface area contributed by atoms with Crippen molar-refractivity contribution >= 4 is 29.0 Å². The van der Waals surface area contributed by atoms with Gasteiger partial charge in [0.2, 0.25) is 5.56 Å². The van der Waals surface area contributed by atoms with E-state index in [4.69, 9.17) is 10.2 Å². The summed E-state index contributed by atoms with van der Waals surface area (Å²) >= 11 is 0. The van der Waals surface area contributed by atoms with Crippen molar-refractivity contribution in [2.45, 2.75) is 0 Å². The van der Waals surface area contributed by atoms with Crippen molar-refractivity contribution in [2.75, 3.05) is 0 Å². The van der Waals surface area contributed by atoms with Crippen molar-refractivity contribution in [2.24, 2.45) is 0 Å². The summed E-state index contributed by atoms with van der Waals surface area (Å²) < 4.78 is 0. The minimum Gasteiger partial charge on any atom is -0.477 e. The van der Waals surface area contributed by atoms with Gasteiger partial charge in [0.05, 0.1) is 14.8 Å². The van der Waals surface area contributed by atoms with Gasteiger partial charge in [-0.05, 0) is 0 Å². The fourth-order valence-electron chi connectivity index (χ4n) is 1.52. The predicted octanol–water partition coefficient (Wildman–Crippen LogP) is 0.808. The number of carboxylic acid groups (broad SMARTS) is 2. The quantitative estimate of drug-likeness (QED) is 0.577. The molecule has 0 radical (unpaired) electrons. The molecule has 0 unspecified atom stereocenters. The van der Waals surface area contributed by atoms with Gasteiger partial charge in [-0.3, -0.25) is 30.3 Å². The zero-order valence-corrected chi connectivity index (χ0v) is 9.58. The summed E-state index contributed by atoms with van der Waals surface area (Å²) in [4.78, 5) is 49.7. The Morgan fingerprint density at radius 3 is 1.62 bits per heavy atom. The normalized spacial score (nSPS) is 9.90. The number of rotatable bonds is 5. The molecule has 1 aromatic rings. The first-order chi connectivity index (χ1) is 9.59. The van der Waals surface area contributed by atoms with Crippen LogP contribution in [0.1, 0.15) is 20.7 Å². The second-order valence-corrected chi connectivity index (χ2v) is 3.40. The number of aromatic carboxylic acids is 2.